The highest BCUT2D eigenvalue weighted by Gasteiger charge is 2.31. The van der Waals surface area contributed by atoms with E-state index in [9.17, 15) is 13.2 Å². The molecule has 6 nitrogen and oxygen atoms in total. The second kappa shape index (κ2) is 5.90. The van der Waals surface area contributed by atoms with E-state index in [1.54, 1.807) is 0 Å². The number of alkyl halides is 3. The fourth-order valence-electron chi connectivity index (χ4n) is 1.34. The number of anilines is 2. The number of rotatable bonds is 3. The summed E-state index contributed by atoms with van der Waals surface area (Å²) in [6.07, 6.45) is -3.78. The molecule has 0 aliphatic carbocycles. The summed E-state index contributed by atoms with van der Waals surface area (Å²) < 4.78 is 37.4. The number of nitrogens with two attached hydrogens (primary N) is 2. The van der Waals surface area contributed by atoms with Gasteiger partial charge in [0.05, 0.1) is 16.3 Å². The fraction of sp³-hybridized carbons (Fsp3) is 0.200. The van der Waals surface area contributed by atoms with Gasteiger partial charge in [0.25, 0.3) is 0 Å². The molecule has 0 saturated heterocycles. The van der Waals surface area contributed by atoms with Crippen LogP contribution in [0.1, 0.15) is 11.4 Å². The summed E-state index contributed by atoms with van der Waals surface area (Å²) in [6.45, 7) is 0. The van der Waals surface area contributed by atoms with E-state index in [1.807, 2.05) is 0 Å². The minimum Gasteiger partial charge on any atom is -0.368 e. The molecule has 11 heteroatoms. The molecule has 0 radical (unpaired) electrons. The summed E-state index contributed by atoms with van der Waals surface area (Å²) in [7, 11) is 0. The van der Waals surface area contributed by atoms with Crippen molar-refractivity contribution in [1.29, 1.82) is 0 Å². The SMILES string of the molecule is Nc1nc(N)nc(CSc2ncc(C(F)(F)F)cc2Cl)n1. The van der Waals surface area contributed by atoms with Crippen LogP contribution in [0.25, 0.3) is 0 Å². The van der Waals surface area contributed by atoms with Gasteiger partial charge in [-0.3, -0.25) is 0 Å². The lowest BCUT2D eigenvalue weighted by atomic mass is 10.3. The molecule has 0 spiro atoms. The smallest absolute Gasteiger partial charge is 0.368 e. The maximum atomic E-state index is 12.5. The average molecular weight is 337 g/mol. The molecule has 0 amide bonds. The van der Waals surface area contributed by atoms with E-state index in [2.05, 4.69) is 19.9 Å². The molecule has 0 bridgehead atoms. The lowest BCUT2D eigenvalue weighted by Gasteiger charge is -2.08. The zero-order chi connectivity index (χ0) is 15.6. The second-order valence-electron chi connectivity index (χ2n) is 3.77. The van der Waals surface area contributed by atoms with Gasteiger partial charge >= 0.3 is 6.18 Å². The number of halogens is 4. The third-order valence-corrected chi connectivity index (χ3v) is 3.59. The predicted octanol–water partition coefficient (Wildman–Crippen LogP) is 2.40. The van der Waals surface area contributed by atoms with Gasteiger partial charge in [0.15, 0.2) is 0 Å². The number of pyridine rings is 1. The number of hydrogen-bond acceptors (Lipinski definition) is 7. The molecule has 2 aromatic rings. The normalized spacial score (nSPS) is 11.6. The van der Waals surface area contributed by atoms with E-state index in [1.165, 1.54) is 0 Å². The molecular formula is C10H8ClF3N6S. The first-order valence-corrected chi connectivity index (χ1v) is 6.73. The molecule has 21 heavy (non-hydrogen) atoms. The summed E-state index contributed by atoms with van der Waals surface area (Å²) in [6, 6.07) is 0.813. The molecule has 2 heterocycles. The predicted molar refractivity (Wildman–Crippen MR) is 72.5 cm³/mol. The van der Waals surface area contributed by atoms with Crippen LogP contribution in [0, 0.1) is 0 Å². The molecule has 0 aliphatic heterocycles. The first-order chi connectivity index (χ1) is 9.75. The second-order valence-corrected chi connectivity index (χ2v) is 5.14. The molecule has 0 saturated carbocycles. The third-order valence-electron chi connectivity index (χ3n) is 2.19. The summed E-state index contributed by atoms with van der Waals surface area (Å²) in [4.78, 5) is 15.0. The lowest BCUT2D eigenvalue weighted by molar-refractivity contribution is -0.137. The van der Waals surface area contributed by atoms with Gasteiger partial charge in [-0.2, -0.15) is 28.1 Å². The Kier molecular flexibility index (Phi) is 4.37. The van der Waals surface area contributed by atoms with Crippen LogP contribution in [0.15, 0.2) is 17.3 Å². The highest BCUT2D eigenvalue weighted by molar-refractivity contribution is 7.98. The lowest BCUT2D eigenvalue weighted by Crippen LogP contribution is -2.07. The van der Waals surface area contributed by atoms with Gasteiger partial charge in [-0.1, -0.05) is 23.4 Å². The van der Waals surface area contributed by atoms with Crippen LogP contribution in [0.2, 0.25) is 5.02 Å². The van der Waals surface area contributed by atoms with Gasteiger partial charge in [0.1, 0.15) is 10.9 Å². The van der Waals surface area contributed by atoms with E-state index >= 15 is 0 Å². The summed E-state index contributed by atoms with van der Waals surface area (Å²) >= 11 is 6.84. The number of hydrogen-bond donors (Lipinski definition) is 2. The minimum absolute atomic E-state index is 0.0374. The Labute approximate surface area is 126 Å². The summed E-state index contributed by atoms with van der Waals surface area (Å²) in [5, 5.41) is 0.118. The van der Waals surface area contributed by atoms with Gasteiger partial charge in [-0.15, -0.1) is 0 Å². The van der Waals surface area contributed by atoms with Gasteiger partial charge in [-0.05, 0) is 6.07 Å². The maximum absolute atomic E-state index is 12.5. The molecule has 0 aromatic carbocycles. The molecule has 0 atom stereocenters. The standard InChI is InChI=1S/C10H8ClF3N6S/c11-5-1-4(10(12,13)14)2-17-7(5)21-3-6-18-8(15)20-9(16)19-6/h1-2H,3H2,(H4,15,16,18,19,20). The van der Waals surface area contributed by atoms with Crippen LogP contribution in [0.5, 0.6) is 0 Å². The van der Waals surface area contributed by atoms with Crippen molar-refractivity contribution in [1.82, 2.24) is 19.9 Å². The largest absolute Gasteiger partial charge is 0.417 e. The van der Waals surface area contributed by atoms with Crippen LogP contribution >= 0.6 is 23.4 Å². The Morgan fingerprint density at radius 1 is 1.14 bits per heavy atom. The van der Waals surface area contributed by atoms with Gasteiger partial charge < -0.3 is 11.5 Å². The third kappa shape index (κ3) is 4.08. The number of nitrogen functional groups attached to an aromatic ring is 2. The average Bonchev–Trinajstić information content (AvgIpc) is 2.35. The number of nitrogens with zero attached hydrogens (tertiary/aromatic N) is 4. The maximum Gasteiger partial charge on any atom is 0.417 e. The van der Waals surface area contributed by atoms with E-state index in [-0.39, 0.29) is 33.5 Å². The van der Waals surface area contributed by atoms with E-state index in [0.717, 1.165) is 17.8 Å². The van der Waals surface area contributed by atoms with Crippen LogP contribution in [0.3, 0.4) is 0 Å². The molecular weight excluding hydrogens is 329 g/mol. The van der Waals surface area contributed by atoms with Crippen LogP contribution in [-0.2, 0) is 11.9 Å². The highest BCUT2D eigenvalue weighted by atomic mass is 35.5. The Morgan fingerprint density at radius 2 is 1.76 bits per heavy atom. The Balaban J connectivity index is 2.13. The van der Waals surface area contributed by atoms with Gasteiger partial charge in [0.2, 0.25) is 11.9 Å². The van der Waals surface area contributed by atoms with Crippen molar-refractivity contribution in [3.05, 3.63) is 28.7 Å². The van der Waals surface area contributed by atoms with Gasteiger partial charge in [0, 0.05) is 6.20 Å². The van der Waals surface area contributed by atoms with Crippen LogP contribution < -0.4 is 11.5 Å². The fourth-order valence-corrected chi connectivity index (χ4v) is 2.39. The zero-order valence-electron chi connectivity index (χ0n) is 10.2. The van der Waals surface area contributed by atoms with Crippen molar-refractivity contribution in [2.45, 2.75) is 17.0 Å². The number of thioether (sulfide) groups is 1. The summed E-state index contributed by atoms with van der Waals surface area (Å²) in [5.74, 6) is 0.395. The first kappa shape index (κ1) is 15.6. The van der Waals surface area contributed by atoms with E-state index < -0.39 is 11.7 Å². The van der Waals surface area contributed by atoms with Crippen LogP contribution in [-0.4, -0.2) is 19.9 Å². The molecule has 0 aliphatic rings. The number of aromatic nitrogens is 4. The zero-order valence-corrected chi connectivity index (χ0v) is 11.8. The van der Waals surface area contributed by atoms with Crippen molar-refractivity contribution >= 4 is 35.3 Å². The van der Waals surface area contributed by atoms with Crippen molar-refractivity contribution < 1.29 is 13.2 Å². The summed E-state index contributed by atoms with van der Waals surface area (Å²) in [5.41, 5.74) is 9.90. The molecule has 112 valence electrons. The van der Waals surface area contributed by atoms with Crippen molar-refractivity contribution in [2.75, 3.05) is 11.5 Å². The van der Waals surface area contributed by atoms with Crippen molar-refractivity contribution in [3.63, 3.8) is 0 Å². The van der Waals surface area contributed by atoms with Crippen molar-refractivity contribution in [3.8, 4) is 0 Å². The Bertz CT molecular complexity index is 645. The quantitative estimate of drug-likeness (QED) is 0.829. The van der Waals surface area contributed by atoms with Gasteiger partial charge in [-0.25, -0.2) is 4.98 Å². The Hall–Kier alpha value is -1.81. The van der Waals surface area contributed by atoms with E-state index in [0.29, 0.717) is 6.20 Å². The molecule has 0 fully saturated rings. The molecule has 2 rings (SSSR count). The molecule has 0 unspecified atom stereocenters. The minimum atomic E-state index is -4.49. The van der Waals surface area contributed by atoms with Crippen LogP contribution in [0.4, 0.5) is 25.1 Å². The molecule has 2 aromatic heterocycles. The molecule has 4 N–H and O–H groups in total. The van der Waals surface area contributed by atoms with E-state index in [4.69, 9.17) is 23.1 Å². The topological polar surface area (TPSA) is 104 Å². The Morgan fingerprint density at radius 3 is 2.29 bits per heavy atom. The van der Waals surface area contributed by atoms with Crippen molar-refractivity contribution in [2.24, 2.45) is 0 Å². The first-order valence-electron chi connectivity index (χ1n) is 5.37. The highest BCUT2D eigenvalue weighted by Crippen LogP contribution is 2.34. The monoisotopic (exact) mass is 336 g/mol.